The van der Waals surface area contributed by atoms with E-state index in [1.54, 1.807) is 12.1 Å². The van der Waals surface area contributed by atoms with Gasteiger partial charge in [0, 0.05) is 30.4 Å². The number of aliphatic imine (C=N–C) groups is 1. The Morgan fingerprint density at radius 3 is 2.83 bits per heavy atom. The quantitative estimate of drug-likeness (QED) is 0.790. The predicted octanol–water partition coefficient (Wildman–Crippen LogP) is 2.55. The normalized spacial score (nSPS) is 18.3. The van der Waals surface area contributed by atoms with E-state index in [2.05, 4.69) is 32.9 Å². The Morgan fingerprint density at radius 2 is 2.03 bits per heavy atom. The summed E-state index contributed by atoms with van der Waals surface area (Å²) in [4.78, 5) is 19.0. The SMILES string of the molecule is C[C@@H]1Cc2ccccc2N1CC(=O)Nc1cccc(S(=O)(=O)NC2=NCCC2)c1. The molecule has 7 nitrogen and oxygen atoms in total. The van der Waals surface area contributed by atoms with Crippen LogP contribution in [0.4, 0.5) is 11.4 Å². The van der Waals surface area contributed by atoms with Crippen molar-refractivity contribution in [2.75, 3.05) is 23.3 Å². The van der Waals surface area contributed by atoms with Gasteiger partial charge in [-0.3, -0.25) is 14.5 Å². The first-order valence-corrected chi connectivity index (χ1v) is 11.2. The highest BCUT2D eigenvalue weighted by Gasteiger charge is 2.27. The molecule has 0 saturated carbocycles. The van der Waals surface area contributed by atoms with E-state index >= 15 is 0 Å². The zero-order chi connectivity index (χ0) is 20.4. The molecular weight excluding hydrogens is 388 g/mol. The number of hydrogen-bond donors (Lipinski definition) is 2. The van der Waals surface area contributed by atoms with Crippen molar-refractivity contribution >= 4 is 33.1 Å². The summed E-state index contributed by atoms with van der Waals surface area (Å²) in [6.07, 6.45) is 2.39. The molecule has 2 aromatic rings. The van der Waals surface area contributed by atoms with Gasteiger partial charge in [-0.05, 0) is 49.6 Å². The molecule has 29 heavy (non-hydrogen) atoms. The number of nitrogens with zero attached hydrogens (tertiary/aromatic N) is 2. The summed E-state index contributed by atoms with van der Waals surface area (Å²) in [6, 6.07) is 14.6. The molecule has 4 rings (SSSR count). The Bertz CT molecular complexity index is 1070. The van der Waals surface area contributed by atoms with E-state index in [4.69, 9.17) is 0 Å². The molecule has 2 aliphatic heterocycles. The zero-order valence-corrected chi connectivity index (χ0v) is 17.1. The second-order valence-corrected chi connectivity index (χ2v) is 9.11. The number of carbonyl (C=O) groups excluding carboxylic acids is 1. The first-order valence-electron chi connectivity index (χ1n) is 9.73. The first kappa shape index (κ1) is 19.4. The molecule has 2 aliphatic rings. The average Bonchev–Trinajstić information content (AvgIpc) is 3.29. The van der Waals surface area contributed by atoms with Gasteiger partial charge in [-0.1, -0.05) is 24.3 Å². The van der Waals surface area contributed by atoms with Crippen molar-refractivity contribution in [3.8, 4) is 0 Å². The third kappa shape index (κ3) is 4.27. The smallest absolute Gasteiger partial charge is 0.262 e. The lowest BCUT2D eigenvalue weighted by Gasteiger charge is -2.24. The summed E-state index contributed by atoms with van der Waals surface area (Å²) in [6.45, 7) is 2.95. The fraction of sp³-hybridized carbons (Fsp3) is 0.333. The van der Waals surface area contributed by atoms with Gasteiger partial charge < -0.3 is 10.2 Å². The number of fused-ring (bicyclic) bond motifs is 1. The number of benzene rings is 2. The average molecular weight is 413 g/mol. The molecule has 1 atom stereocenters. The number of para-hydroxylation sites is 1. The van der Waals surface area contributed by atoms with Crippen LogP contribution < -0.4 is 14.9 Å². The lowest BCUT2D eigenvalue weighted by atomic mass is 10.1. The van der Waals surface area contributed by atoms with Crippen LogP contribution in [0.5, 0.6) is 0 Å². The minimum absolute atomic E-state index is 0.102. The molecular formula is C21H24N4O3S. The number of carbonyl (C=O) groups is 1. The maximum Gasteiger partial charge on any atom is 0.262 e. The summed E-state index contributed by atoms with van der Waals surface area (Å²) in [5, 5.41) is 2.82. The van der Waals surface area contributed by atoms with Gasteiger partial charge >= 0.3 is 0 Å². The molecule has 0 spiro atoms. The van der Waals surface area contributed by atoms with Gasteiger partial charge in [0.2, 0.25) is 5.91 Å². The van der Waals surface area contributed by atoms with Crippen LogP contribution in [0.1, 0.15) is 25.3 Å². The molecule has 0 fully saturated rings. The van der Waals surface area contributed by atoms with Crippen molar-refractivity contribution in [3.63, 3.8) is 0 Å². The van der Waals surface area contributed by atoms with Crippen molar-refractivity contribution < 1.29 is 13.2 Å². The molecule has 2 aromatic carbocycles. The Labute approximate surface area is 170 Å². The molecule has 2 heterocycles. The number of amides is 1. The summed E-state index contributed by atoms with van der Waals surface area (Å²) in [5.41, 5.74) is 2.76. The van der Waals surface area contributed by atoms with Gasteiger partial charge in [0.05, 0.1) is 11.4 Å². The van der Waals surface area contributed by atoms with Crippen LogP contribution in [-0.4, -0.2) is 39.3 Å². The Morgan fingerprint density at radius 1 is 1.21 bits per heavy atom. The highest BCUT2D eigenvalue weighted by atomic mass is 32.2. The standard InChI is InChI=1S/C21H24N4O3S/c1-15-12-16-6-2-3-9-19(16)25(15)14-21(26)23-17-7-4-8-18(13-17)29(27,28)24-20-10-5-11-22-20/h2-4,6-9,13,15H,5,10-12,14H2,1H3,(H,22,24)(H,23,26)/t15-/m1/s1. The topological polar surface area (TPSA) is 90.9 Å². The lowest BCUT2D eigenvalue weighted by molar-refractivity contribution is -0.115. The van der Waals surface area contributed by atoms with E-state index < -0.39 is 10.0 Å². The van der Waals surface area contributed by atoms with E-state index in [9.17, 15) is 13.2 Å². The van der Waals surface area contributed by atoms with Gasteiger partial charge in [0.15, 0.2) is 0 Å². The highest BCUT2D eigenvalue weighted by molar-refractivity contribution is 7.90. The van der Waals surface area contributed by atoms with Gasteiger partial charge in [-0.15, -0.1) is 0 Å². The molecule has 0 aromatic heterocycles. The van der Waals surface area contributed by atoms with E-state index in [-0.39, 0.29) is 23.4 Å². The molecule has 152 valence electrons. The van der Waals surface area contributed by atoms with Gasteiger partial charge in [-0.25, -0.2) is 8.42 Å². The maximum atomic E-state index is 12.6. The zero-order valence-electron chi connectivity index (χ0n) is 16.3. The van der Waals surface area contributed by atoms with Crippen molar-refractivity contribution in [2.24, 2.45) is 4.99 Å². The molecule has 0 radical (unpaired) electrons. The van der Waals surface area contributed by atoms with Crippen molar-refractivity contribution in [2.45, 2.75) is 37.1 Å². The number of hydrogen-bond acceptors (Lipinski definition) is 5. The largest absolute Gasteiger partial charge is 0.359 e. The van der Waals surface area contributed by atoms with Crippen LogP contribution >= 0.6 is 0 Å². The van der Waals surface area contributed by atoms with Crippen molar-refractivity contribution in [3.05, 3.63) is 54.1 Å². The summed E-state index contributed by atoms with van der Waals surface area (Å²) >= 11 is 0. The Hall–Kier alpha value is -2.87. The third-order valence-corrected chi connectivity index (χ3v) is 6.60. The summed E-state index contributed by atoms with van der Waals surface area (Å²) in [5.74, 6) is 0.303. The number of anilines is 2. The van der Waals surface area contributed by atoms with Crippen LogP contribution in [0.15, 0.2) is 58.4 Å². The van der Waals surface area contributed by atoms with Gasteiger partial charge in [-0.2, -0.15) is 0 Å². The third-order valence-electron chi connectivity index (χ3n) is 5.22. The number of nitrogens with one attached hydrogen (secondary N) is 2. The van der Waals surface area contributed by atoms with E-state index in [1.807, 2.05) is 18.2 Å². The molecule has 0 bridgehead atoms. The second-order valence-electron chi connectivity index (χ2n) is 7.42. The number of sulfonamides is 1. The molecule has 1 amide bonds. The Kier molecular flexibility index (Phi) is 5.27. The molecule has 0 saturated heterocycles. The van der Waals surface area contributed by atoms with Crippen LogP contribution in [0.3, 0.4) is 0 Å². The predicted molar refractivity (Wildman–Crippen MR) is 114 cm³/mol. The monoisotopic (exact) mass is 412 g/mol. The molecule has 2 N–H and O–H groups in total. The number of amidine groups is 1. The van der Waals surface area contributed by atoms with E-state index in [0.717, 1.165) is 18.5 Å². The fourth-order valence-electron chi connectivity index (χ4n) is 3.80. The van der Waals surface area contributed by atoms with E-state index in [0.29, 0.717) is 24.5 Å². The van der Waals surface area contributed by atoms with Crippen LogP contribution in [-0.2, 0) is 21.2 Å². The Balaban J connectivity index is 1.45. The lowest BCUT2D eigenvalue weighted by Crippen LogP contribution is -2.37. The maximum absolute atomic E-state index is 12.6. The minimum atomic E-state index is -3.72. The van der Waals surface area contributed by atoms with Crippen LogP contribution in [0.25, 0.3) is 0 Å². The highest BCUT2D eigenvalue weighted by Crippen LogP contribution is 2.31. The molecule has 8 heteroatoms. The number of rotatable bonds is 5. The summed E-state index contributed by atoms with van der Waals surface area (Å²) in [7, 11) is -3.72. The molecule has 0 unspecified atom stereocenters. The van der Waals surface area contributed by atoms with Crippen LogP contribution in [0, 0.1) is 0 Å². The fourth-order valence-corrected chi connectivity index (χ4v) is 4.94. The molecule has 0 aliphatic carbocycles. The second kappa shape index (κ2) is 7.87. The van der Waals surface area contributed by atoms with Crippen LogP contribution in [0.2, 0.25) is 0 Å². The van der Waals surface area contributed by atoms with Gasteiger partial charge in [0.25, 0.3) is 10.0 Å². The van der Waals surface area contributed by atoms with Crippen molar-refractivity contribution in [1.29, 1.82) is 0 Å². The first-order chi connectivity index (χ1) is 13.9. The minimum Gasteiger partial charge on any atom is -0.359 e. The van der Waals surface area contributed by atoms with E-state index in [1.165, 1.54) is 17.7 Å². The summed E-state index contributed by atoms with van der Waals surface area (Å²) < 4.78 is 27.7. The van der Waals surface area contributed by atoms with Gasteiger partial charge in [0.1, 0.15) is 5.84 Å². The van der Waals surface area contributed by atoms with Crippen molar-refractivity contribution in [1.82, 2.24) is 4.72 Å².